The topological polar surface area (TPSA) is 43.6 Å². The minimum Gasteiger partial charge on any atom is -0.456 e. The lowest BCUT2D eigenvalue weighted by Crippen LogP contribution is -2.00. The van der Waals surface area contributed by atoms with Crippen LogP contribution >= 0.6 is 15.9 Å². The summed E-state index contributed by atoms with van der Waals surface area (Å²) in [7, 11) is 0. The molecule has 0 amide bonds. The van der Waals surface area contributed by atoms with E-state index in [2.05, 4.69) is 20.9 Å². The number of aromatic nitrogens is 2. The third-order valence-electron chi connectivity index (χ3n) is 3.06. The van der Waals surface area contributed by atoms with Gasteiger partial charge in [-0.05, 0) is 35.9 Å². The highest BCUT2D eigenvalue weighted by Gasteiger charge is 2.03. The Labute approximate surface area is 136 Å². The van der Waals surface area contributed by atoms with Crippen LogP contribution in [0.25, 0.3) is 11.7 Å². The number of fused-ring (bicyclic) bond motifs is 1. The Morgan fingerprint density at radius 1 is 1.23 bits per heavy atom. The van der Waals surface area contributed by atoms with E-state index < -0.39 is 0 Å². The molecule has 0 spiro atoms. The monoisotopic (exact) mass is 356 g/mol. The average molecular weight is 357 g/mol. The summed E-state index contributed by atoms with van der Waals surface area (Å²) >= 11 is 3.37. The smallest absolute Gasteiger partial charge is 0.331 e. The normalized spacial score (nSPS) is 11.1. The Kier molecular flexibility index (Phi) is 4.34. The Morgan fingerprint density at radius 3 is 2.82 bits per heavy atom. The number of rotatable bonds is 4. The third kappa shape index (κ3) is 3.62. The molecule has 0 radical (unpaired) electrons. The van der Waals surface area contributed by atoms with E-state index in [0.717, 1.165) is 21.4 Å². The first-order valence-electron chi connectivity index (χ1n) is 6.74. The molecule has 4 nitrogen and oxygen atoms in total. The highest BCUT2D eigenvalue weighted by Crippen LogP contribution is 2.11. The van der Waals surface area contributed by atoms with Crippen LogP contribution in [-0.2, 0) is 16.1 Å². The highest BCUT2D eigenvalue weighted by molar-refractivity contribution is 9.10. The summed E-state index contributed by atoms with van der Waals surface area (Å²) in [5.74, 6) is -0.389. The van der Waals surface area contributed by atoms with Gasteiger partial charge in [-0.2, -0.15) is 0 Å². The van der Waals surface area contributed by atoms with Gasteiger partial charge in [-0.3, -0.25) is 0 Å². The number of benzene rings is 1. The van der Waals surface area contributed by atoms with Gasteiger partial charge in [0.1, 0.15) is 12.3 Å². The maximum atomic E-state index is 11.7. The molecule has 5 heteroatoms. The number of hydrogen-bond acceptors (Lipinski definition) is 3. The minimum atomic E-state index is -0.389. The van der Waals surface area contributed by atoms with Gasteiger partial charge in [0.15, 0.2) is 0 Å². The van der Waals surface area contributed by atoms with E-state index in [0.29, 0.717) is 0 Å². The van der Waals surface area contributed by atoms with Crippen LogP contribution in [0.5, 0.6) is 0 Å². The van der Waals surface area contributed by atoms with Gasteiger partial charge in [0.05, 0.1) is 5.69 Å². The second-order valence-electron chi connectivity index (χ2n) is 4.69. The second kappa shape index (κ2) is 6.58. The van der Waals surface area contributed by atoms with E-state index in [1.165, 1.54) is 6.08 Å². The molecular weight excluding hydrogens is 344 g/mol. The van der Waals surface area contributed by atoms with Gasteiger partial charge in [0.25, 0.3) is 0 Å². The van der Waals surface area contributed by atoms with Gasteiger partial charge in [-0.1, -0.05) is 34.1 Å². The Hall–Kier alpha value is -2.40. The van der Waals surface area contributed by atoms with Crippen LogP contribution in [0.15, 0.2) is 65.4 Å². The van der Waals surface area contributed by atoms with E-state index in [4.69, 9.17) is 4.74 Å². The zero-order valence-electron chi connectivity index (χ0n) is 11.6. The Bertz CT molecular complexity index is 789. The average Bonchev–Trinajstić information content (AvgIpc) is 2.95. The second-order valence-corrected chi connectivity index (χ2v) is 5.61. The number of imidazole rings is 1. The van der Waals surface area contributed by atoms with E-state index in [-0.39, 0.29) is 12.6 Å². The first kappa shape index (κ1) is 14.5. The lowest BCUT2D eigenvalue weighted by Gasteiger charge is -1.98. The van der Waals surface area contributed by atoms with Gasteiger partial charge < -0.3 is 9.14 Å². The molecule has 0 aliphatic carbocycles. The largest absolute Gasteiger partial charge is 0.456 e. The molecule has 110 valence electrons. The SMILES string of the molecule is O=C(/C=C/c1ccc(Br)cc1)OCc1cn2ccccc2n1. The van der Waals surface area contributed by atoms with Gasteiger partial charge in [0.2, 0.25) is 0 Å². The van der Waals surface area contributed by atoms with Crippen LogP contribution in [0.3, 0.4) is 0 Å². The molecule has 0 N–H and O–H groups in total. The summed E-state index contributed by atoms with van der Waals surface area (Å²) in [5.41, 5.74) is 2.49. The van der Waals surface area contributed by atoms with Crippen molar-refractivity contribution in [3.63, 3.8) is 0 Å². The molecule has 3 rings (SSSR count). The molecule has 0 aliphatic rings. The van der Waals surface area contributed by atoms with Crippen molar-refractivity contribution in [1.29, 1.82) is 0 Å². The van der Waals surface area contributed by atoms with Gasteiger partial charge in [-0.15, -0.1) is 0 Å². The molecular formula is C17H13BrN2O2. The zero-order chi connectivity index (χ0) is 15.4. The number of carbonyl (C=O) groups excluding carboxylic acids is 1. The number of nitrogens with zero attached hydrogens (tertiary/aromatic N) is 2. The van der Waals surface area contributed by atoms with Gasteiger partial charge >= 0.3 is 5.97 Å². The van der Waals surface area contributed by atoms with Crippen LogP contribution in [0.4, 0.5) is 0 Å². The van der Waals surface area contributed by atoms with E-state index >= 15 is 0 Å². The zero-order valence-corrected chi connectivity index (χ0v) is 13.2. The highest BCUT2D eigenvalue weighted by atomic mass is 79.9. The number of carbonyl (C=O) groups is 1. The van der Waals surface area contributed by atoms with Gasteiger partial charge in [0, 0.05) is 22.9 Å². The van der Waals surface area contributed by atoms with Crippen molar-refractivity contribution in [3.05, 3.63) is 76.7 Å². The minimum absolute atomic E-state index is 0.158. The van der Waals surface area contributed by atoms with Crippen molar-refractivity contribution >= 4 is 33.6 Å². The molecule has 0 aliphatic heterocycles. The number of esters is 1. The fraction of sp³-hybridized carbons (Fsp3) is 0.0588. The maximum Gasteiger partial charge on any atom is 0.331 e. The van der Waals surface area contributed by atoms with Crippen molar-refractivity contribution in [2.24, 2.45) is 0 Å². The standard InChI is InChI=1S/C17H13BrN2O2/c18-14-7-4-13(5-8-14)6-9-17(21)22-12-15-11-20-10-2-1-3-16(20)19-15/h1-11H,12H2/b9-6+. The predicted octanol–water partition coefficient (Wildman–Crippen LogP) is 3.85. The molecule has 0 bridgehead atoms. The lowest BCUT2D eigenvalue weighted by molar-refractivity contribution is -0.139. The maximum absolute atomic E-state index is 11.7. The summed E-state index contributed by atoms with van der Waals surface area (Å²) in [6.45, 7) is 0.158. The van der Waals surface area contributed by atoms with Crippen LogP contribution in [0, 0.1) is 0 Å². The van der Waals surface area contributed by atoms with Crippen LogP contribution < -0.4 is 0 Å². The van der Waals surface area contributed by atoms with Gasteiger partial charge in [-0.25, -0.2) is 9.78 Å². The molecule has 2 aromatic heterocycles. The summed E-state index contributed by atoms with van der Waals surface area (Å²) in [5, 5.41) is 0. The molecule has 0 fully saturated rings. The molecule has 0 saturated carbocycles. The van der Waals surface area contributed by atoms with Crippen molar-refractivity contribution in [1.82, 2.24) is 9.38 Å². The van der Waals surface area contributed by atoms with Crippen LogP contribution in [-0.4, -0.2) is 15.4 Å². The molecule has 3 aromatic rings. The van der Waals surface area contributed by atoms with Crippen molar-refractivity contribution in [3.8, 4) is 0 Å². The lowest BCUT2D eigenvalue weighted by atomic mass is 10.2. The summed E-state index contributed by atoms with van der Waals surface area (Å²) < 4.78 is 8.08. The summed E-state index contributed by atoms with van der Waals surface area (Å²) in [4.78, 5) is 16.1. The van der Waals surface area contributed by atoms with E-state index in [1.54, 1.807) is 6.08 Å². The van der Waals surface area contributed by atoms with Crippen LogP contribution in [0.2, 0.25) is 0 Å². The summed E-state index contributed by atoms with van der Waals surface area (Å²) in [6, 6.07) is 13.4. The predicted molar refractivity (Wildman–Crippen MR) is 88.2 cm³/mol. The molecule has 2 heterocycles. The molecule has 22 heavy (non-hydrogen) atoms. The molecule has 0 saturated heterocycles. The number of halogens is 1. The molecule has 1 aromatic carbocycles. The number of pyridine rings is 1. The Morgan fingerprint density at radius 2 is 2.05 bits per heavy atom. The van der Waals surface area contributed by atoms with Crippen LogP contribution in [0.1, 0.15) is 11.3 Å². The van der Waals surface area contributed by atoms with Crippen molar-refractivity contribution in [2.75, 3.05) is 0 Å². The van der Waals surface area contributed by atoms with Crippen molar-refractivity contribution in [2.45, 2.75) is 6.61 Å². The fourth-order valence-corrected chi connectivity index (χ4v) is 2.25. The molecule has 0 atom stereocenters. The first-order valence-corrected chi connectivity index (χ1v) is 7.53. The third-order valence-corrected chi connectivity index (χ3v) is 3.59. The van der Waals surface area contributed by atoms with Crippen molar-refractivity contribution < 1.29 is 9.53 Å². The van der Waals surface area contributed by atoms with E-state index in [1.807, 2.05) is 59.3 Å². The first-order chi connectivity index (χ1) is 10.7. The van der Waals surface area contributed by atoms with E-state index in [9.17, 15) is 4.79 Å². The quantitative estimate of drug-likeness (QED) is 0.526. The summed E-state index contributed by atoms with van der Waals surface area (Å²) in [6.07, 6.45) is 6.89. The number of ether oxygens (including phenoxy) is 1. The number of hydrogen-bond donors (Lipinski definition) is 0. The Balaban J connectivity index is 1.58. The fourth-order valence-electron chi connectivity index (χ4n) is 1.99. The molecule has 0 unspecified atom stereocenters.